The van der Waals surface area contributed by atoms with Crippen molar-refractivity contribution in [3.63, 3.8) is 0 Å². The van der Waals surface area contributed by atoms with Crippen LogP contribution < -0.4 is 10.2 Å². The van der Waals surface area contributed by atoms with Gasteiger partial charge in [-0.3, -0.25) is 14.4 Å². The van der Waals surface area contributed by atoms with Gasteiger partial charge in [0.05, 0.1) is 5.92 Å². The van der Waals surface area contributed by atoms with E-state index in [1.165, 1.54) is 6.92 Å². The maximum atomic E-state index is 13.0. The van der Waals surface area contributed by atoms with Crippen molar-refractivity contribution in [1.82, 2.24) is 4.90 Å². The molecule has 148 valence electrons. The highest BCUT2D eigenvalue weighted by Gasteiger charge is 2.36. The SMILES string of the molecule is CCCCN(CCCC)C(=O)C1CC(=O)N(c2ccc(NC(C)=O)cc2)C1. The van der Waals surface area contributed by atoms with E-state index in [9.17, 15) is 14.4 Å². The van der Waals surface area contributed by atoms with Gasteiger partial charge in [0.25, 0.3) is 0 Å². The first-order valence-corrected chi connectivity index (χ1v) is 9.93. The molecule has 0 radical (unpaired) electrons. The van der Waals surface area contributed by atoms with E-state index in [0.29, 0.717) is 12.2 Å². The quantitative estimate of drug-likeness (QED) is 0.721. The molecule has 1 unspecified atom stereocenters. The standard InChI is InChI=1S/C21H31N3O3/c1-4-6-12-23(13-7-5-2)21(27)17-14-20(26)24(15-17)19-10-8-18(9-11-19)22-16(3)25/h8-11,17H,4-7,12-15H2,1-3H3,(H,22,25). The van der Waals surface area contributed by atoms with Crippen molar-refractivity contribution < 1.29 is 14.4 Å². The largest absolute Gasteiger partial charge is 0.342 e. The normalized spacial score (nSPS) is 16.5. The highest BCUT2D eigenvalue weighted by atomic mass is 16.2. The van der Waals surface area contributed by atoms with Crippen molar-refractivity contribution in [2.45, 2.75) is 52.9 Å². The number of hydrogen-bond donors (Lipinski definition) is 1. The lowest BCUT2D eigenvalue weighted by Crippen LogP contribution is -2.38. The van der Waals surface area contributed by atoms with Gasteiger partial charge >= 0.3 is 0 Å². The van der Waals surface area contributed by atoms with E-state index in [0.717, 1.165) is 44.5 Å². The summed E-state index contributed by atoms with van der Waals surface area (Å²) in [5.74, 6) is -0.333. The summed E-state index contributed by atoms with van der Waals surface area (Å²) in [6, 6.07) is 7.16. The predicted molar refractivity (Wildman–Crippen MR) is 108 cm³/mol. The Labute approximate surface area is 161 Å². The van der Waals surface area contributed by atoms with Gasteiger partial charge < -0.3 is 15.1 Å². The van der Waals surface area contributed by atoms with Crippen LogP contribution in [0.3, 0.4) is 0 Å². The van der Waals surface area contributed by atoms with Crippen LogP contribution >= 0.6 is 0 Å². The van der Waals surface area contributed by atoms with Gasteiger partial charge in [0.2, 0.25) is 17.7 Å². The molecule has 6 heteroatoms. The number of carbonyl (C=O) groups is 3. The second-order valence-electron chi connectivity index (χ2n) is 7.17. The lowest BCUT2D eigenvalue weighted by atomic mass is 10.1. The molecule has 1 N–H and O–H groups in total. The van der Waals surface area contributed by atoms with Crippen molar-refractivity contribution in [3.8, 4) is 0 Å². The Morgan fingerprint density at radius 3 is 2.22 bits per heavy atom. The van der Waals surface area contributed by atoms with Crippen LogP contribution in [0.1, 0.15) is 52.9 Å². The molecule has 0 saturated carbocycles. The second-order valence-corrected chi connectivity index (χ2v) is 7.17. The summed E-state index contributed by atoms with van der Waals surface area (Å²) >= 11 is 0. The van der Waals surface area contributed by atoms with Crippen LogP contribution in [0.5, 0.6) is 0 Å². The molecule has 1 aromatic carbocycles. The van der Waals surface area contributed by atoms with Crippen LogP contribution in [0.2, 0.25) is 0 Å². The van der Waals surface area contributed by atoms with Crippen molar-refractivity contribution in [1.29, 1.82) is 0 Å². The van der Waals surface area contributed by atoms with E-state index in [1.54, 1.807) is 17.0 Å². The van der Waals surface area contributed by atoms with Gasteiger partial charge in [0.15, 0.2) is 0 Å². The number of rotatable bonds is 9. The number of anilines is 2. The molecular formula is C21H31N3O3. The van der Waals surface area contributed by atoms with Crippen LogP contribution in [0.15, 0.2) is 24.3 Å². The first kappa shape index (κ1) is 20.9. The molecule has 0 aliphatic carbocycles. The van der Waals surface area contributed by atoms with E-state index < -0.39 is 0 Å². The average Bonchev–Trinajstić information content (AvgIpc) is 3.03. The van der Waals surface area contributed by atoms with Crippen molar-refractivity contribution in [2.75, 3.05) is 29.9 Å². The van der Waals surface area contributed by atoms with Crippen molar-refractivity contribution in [3.05, 3.63) is 24.3 Å². The second kappa shape index (κ2) is 10.1. The maximum Gasteiger partial charge on any atom is 0.228 e. The van der Waals surface area contributed by atoms with Gasteiger partial charge in [-0.05, 0) is 37.1 Å². The van der Waals surface area contributed by atoms with E-state index in [2.05, 4.69) is 19.2 Å². The molecule has 2 rings (SSSR count). The molecule has 0 bridgehead atoms. The summed E-state index contributed by atoms with van der Waals surface area (Å²) in [6.45, 7) is 7.65. The zero-order valence-electron chi connectivity index (χ0n) is 16.7. The summed E-state index contributed by atoms with van der Waals surface area (Å²) in [5.41, 5.74) is 1.45. The van der Waals surface area contributed by atoms with Crippen LogP contribution in [-0.4, -0.2) is 42.3 Å². The molecular weight excluding hydrogens is 342 g/mol. The third kappa shape index (κ3) is 5.81. The fourth-order valence-electron chi connectivity index (χ4n) is 3.34. The van der Waals surface area contributed by atoms with Crippen molar-refractivity contribution >= 4 is 29.1 Å². The van der Waals surface area contributed by atoms with E-state index in [4.69, 9.17) is 0 Å². The van der Waals surface area contributed by atoms with Crippen LogP contribution in [0.25, 0.3) is 0 Å². The summed E-state index contributed by atoms with van der Waals surface area (Å²) in [7, 11) is 0. The first-order valence-electron chi connectivity index (χ1n) is 9.93. The van der Waals surface area contributed by atoms with Gasteiger partial charge in [-0.1, -0.05) is 26.7 Å². The average molecular weight is 373 g/mol. The molecule has 0 aromatic heterocycles. The minimum atomic E-state index is -0.277. The molecule has 1 saturated heterocycles. The van der Waals surface area contributed by atoms with E-state index >= 15 is 0 Å². The number of hydrogen-bond acceptors (Lipinski definition) is 3. The Balaban J connectivity index is 2.04. The Morgan fingerprint density at radius 1 is 1.11 bits per heavy atom. The maximum absolute atomic E-state index is 13.0. The molecule has 27 heavy (non-hydrogen) atoms. The first-order chi connectivity index (χ1) is 13.0. The molecule has 3 amide bonds. The van der Waals surface area contributed by atoms with Crippen LogP contribution in [0.4, 0.5) is 11.4 Å². The molecule has 1 aliphatic rings. The molecule has 1 aliphatic heterocycles. The Hall–Kier alpha value is -2.37. The minimum Gasteiger partial charge on any atom is -0.342 e. The Kier molecular flexibility index (Phi) is 7.82. The monoisotopic (exact) mass is 373 g/mol. The molecule has 1 atom stereocenters. The minimum absolute atomic E-state index is 0.0217. The van der Waals surface area contributed by atoms with Crippen LogP contribution in [0, 0.1) is 5.92 Å². The van der Waals surface area contributed by atoms with Gasteiger partial charge in [0.1, 0.15) is 0 Å². The fourth-order valence-corrected chi connectivity index (χ4v) is 3.34. The van der Waals surface area contributed by atoms with Gasteiger partial charge in [0, 0.05) is 44.4 Å². The lowest BCUT2D eigenvalue weighted by Gasteiger charge is -2.25. The summed E-state index contributed by atoms with van der Waals surface area (Å²) < 4.78 is 0. The number of nitrogens with one attached hydrogen (secondary N) is 1. The number of unbranched alkanes of at least 4 members (excludes halogenated alkanes) is 2. The number of amides is 3. The third-order valence-corrected chi connectivity index (χ3v) is 4.85. The zero-order chi connectivity index (χ0) is 19.8. The van der Waals surface area contributed by atoms with Crippen molar-refractivity contribution in [2.24, 2.45) is 5.92 Å². The molecule has 1 fully saturated rings. The number of nitrogens with zero attached hydrogens (tertiary/aromatic N) is 2. The Morgan fingerprint density at radius 2 is 1.70 bits per heavy atom. The fraction of sp³-hybridized carbons (Fsp3) is 0.571. The number of benzene rings is 1. The van der Waals surface area contributed by atoms with Gasteiger partial charge in [-0.25, -0.2) is 0 Å². The zero-order valence-corrected chi connectivity index (χ0v) is 16.7. The predicted octanol–water partition coefficient (Wildman–Crippen LogP) is 3.43. The molecule has 1 heterocycles. The molecule has 1 aromatic rings. The topological polar surface area (TPSA) is 69.7 Å². The van der Waals surface area contributed by atoms with Gasteiger partial charge in [-0.15, -0.1) is 0 Å². The smallest absolute Gasteiger partial charge is 0.228 e. The van der Waals surface area contributed by atoms with Crippen LogP contribution in [-0.2, 0) is 14.4 Å². The van der Waals surface area contributed by atoms with E-state index in [1.807, 2.05) is 17.0 Å². The molecule has 6 nitrogen and oxygen atoms in total. The third-order valence-electron chi connectivity index (χ3n) is 4.85. The number of carbonyl (C=O) groups excluding carboxylic acids is 3. The highest BCUT2D eigenvalue weighted by Crippen LogP contribution is 2.27. The summed E-state index contributed by atoms with van der Waals surface area (Å²) in [4.78, 5) is 40.2. The lowest BCUT2D eigenvalue weighted by molar-refractivity contribution is -0.136. The van der Waals surface area contributed by atoms with Gasteiger partial charge in [-0.2, -0.15) is 0 Å². The Bertz CT molecular complexity index is 649. The molecule has 0 spiro atoms. The summed E-state index contributed by atoms with van der Waals surface area (Å²) in [6.07, 6.45) is 4.34. The highest BCUT2D eigenvalue weighted by molar-refractivity contribution is 6.00. The van der Waals surface area contributed by atoms with E-state index in [-0.39, 0.29) is 30.1 Å². The summed E-state index contributed by atoms with van der Waals surface area (Å²) in [5, 5.41) is 2.71.